The predicted octanol–water partition coefficient (Wildman–Crippen LogP) is -1.36. The fourth-order valence-electron chi connectivity index (χ4n) is 2.65. The third-order valence-corrected chi connectivity index (χ3v) is 3.57. The van der Waals surface area contributed by atoms with Gasteiger partial charge in [0.05, 0.1) is 19.3 Å². The lowest BCUT2D eigenvalue weighted by molar-refractivity contribution is -0.122. The monoisotopic (exact) mass is 326 g/mol. The van der Waals surface area contributed by atoms with E-state index < -0.39 is 12.2 Å². The number of ether oxygens (including phenoxy) is 2. The minimum Gasteiger partial charge on any atom is -0.483 e. The Morgan fingerprint density at radius 2 is 2.00 bits per heavy atom. The summed E-state index contributed by atoms with van der Waals surface area (Å²) in [6.45, 7) is 1.96. The molecule has 9 nitrogen and oxygen atoms in total. The summed E-state index contributed by atoms with van der Waals surface area (Å²) in [5.41, 5.74) is 0.604. The third kappa shape index (κ3) is 3.95. The van der Waals surface area contributed by atoms with E-state index in [1.807, 2.05) is 0 Å². The quantitative estimate of drug-likeness (QED) is 0.492. The lowest BCUT2D eigenvalue weighted by Gasteiger charge is -2.17. The number of aromatic nitrogens is 1. The number of aliphatic hydroxyl groups excluding tert-OH is 1. The number of aliphatic hydroxyl groups is 1. The molecule has 2 aliphatic heterocycles. The molecule has 23 heavy (non-hydrogen) atoms. The van der Waals surface area contributed by atoms with Gasteiger partial charge in [0.1, 0.15) is 24.0 Å². The van der Waals surface area contributed by atoms with Crippen LogP contribution in [0.2, 0.25) is 0 Å². The summed E-state index contributed by atoms with van der Waals surface area (Å²) in [4.78, 5) is 34.7. The lowest BCUT2D eigenvalue weighted by atomic mass is 10.1. The maximum Gasteiger partial charge on any atom is 0.290 e. The minimum absolute atomic E-state index is 0.206. The van der Waals surface area contributed by atoms with Crippen LogP contribution in [0.4, 0.5) is 0 Å². The third-order valence-electron chi connectivity index (χ3n) is 3.57. The van der Waals surface area contributed by atoms with Crippen molar-refractivity contribution in [3.63, 3.8) is 0 Å². The molecule has 4 atom stereocenters. The zero-order chi connectivity index (χ0) is 17.0. The van der Waals surface area contributed by atoms with E-state index in [2.05, 4.69) is 10.3 Å². The molecule has 2 saturated heterocycles. The lowest BCUT2D eigenvalue weighted by Crippen LogP contribution is -2.44. The number of carboxylic acid groups (broad SMARTS) is 1. The molecule has 0 spiro atoms. The molecular formula is C14H18N2O7. The molecule has 1 amide bonds. The maximum atomic E-state index is 12.1. The summed E-state index contributed by atoms with van der Waals surface area (Å²) < 4.78 is 10.8. The highest BCUT2D eigenvalue weighted by molar-refractivity contribution is 5.92. The van der Waals surface area contributed by atoms with Gasteiger partial charge in [-0.2, -0.15) is 0 Å². The van der Waals surface area contributed by atoms with Gasteiger partial charge in [-0.25, -0.2) is 0 Å². The number of H-pyrrole nitrogens is 1. The van der Waals surface area contributed by atoms with Crippen LogP contribution in [0, 0.1) is 6.92 Å². The number of pyridine rings is 1. The highest BCUT2D eigenvalue weighted by Crippen LogP contribution is 2.26. The highest BCUT2D eigenvalue weighted by atomic mass is 16.6. The molecule has 3 heterocycles. The maximum absolute atomic E-state index is 12.1. The number of carbonyl (C=O) groups is 2. The molecule has 9 heteroatoms. The Balaban J connectivity index is 0.000000595. The molecule has 3 rings (SSSR count). The van der Waals surface area contributed by atoms with E-state index in [0.717, 1.165) is 0 Å². The van der Waals surface area contributed by atoms with Crippen molar-refractivity contribution >= 4 is 12.4 Å². The minimum atomic E-state index is -0.652. The molecule has 0 saturated carbocycles. The van der Waals surface area contributed by atoms with Crippen molar-refractivity contribution in [3.8, 4) is 0 Å². The first-order chi connectivity index (χ1) is 11.0. The predicted molar refractivity (Wildman–Crippen MR) is 77.2 cm³/mol. The van der Waals surface area contributed by atoms with Crippen molar-refractivity contribution in [2.45, 2.75) is 31.3 Å². The largest absolute Gasteiger partial charge is 0.483 e. The zero-order valence-electron chi connectivity index (χ0n) is 12.4. The number of rotatable bonds is 2. The first-order valence-electron chi connectivity index (χ1n) is 6.97. The molecule has 0 aliphatic carbocycles. The van der Waals surface area contributed by atoms with E-state index in [1.165, 1.54) is 12.1 Å². The van der Waals surface area contributed by atoms with Crippen LogP contribution >= 0.6 is 0 Å². The van der Waals surface area contributed by atoms with E-state index in [-0.39, 0.29) is 48.9 Å². The SMILES string of the molecule is Cc1cc(=O)cc(C(=O)N[C@H]2CO[C@H]3[C@@H]2OC[C@H]3O)[nH]1.O=CO. The van der Waals surface area contributed by atoms with E-state index >= 15 is 0 Å². The van der Waals surface area contributed by atoms with Crippen LogP contribution in [-0.4, -0.2) is 65.1 Å². The molecule has 0 bridgehead atoms. The molecule has 2 aliphatic rings. The van der Waals surface area contributed by atoms with Gasteiger partial charge in [0.2, 0.25) is 0 Å². The van der Waals surface area contributed by atoms with Crippen LogP contribution in [0.3, 0.4) is 0 Å². The number of aromatic amines is 1. The van der Waals surface area contributed by atoms with Gasteiger partial charge in [0.15, 0.2) is 5.43 Å². The average Bonchev–Trinajstić information content (AvgIpc) is 3.03. The van der Waals surface area contributed by atoms with Gasteiger partial charge in [-0.1, -0.05) is 0 Å². The number of nitrogens with one attached hydrogen (secondary N) is 2. The van der Waals surface area contributed by atoms with Crippen LogP contribution in [0.15, 0.2) is 16.9 Å². The van der Waals surface area contributed by atoms with Crippen molar-refractivity contribution in [1.82, 2.24) is 10.3 Å². The molecule has 1 aromatic rings. The van der Waals surface area contributed by atoms with E-state index in [1.54, 1.807) is 6.92 Å². The Morgan fingerprint density at radius 3 is 2.65 bits per heavy atom. The second kappa shape index (κ2) is 7.36. The number of hydrogen-bond donors (Lipinski definition) is 4. The van der Waals surface area contributed by atoms with E-state index in [4.69, 9.17) is 19.4 Å². The molecule has 0 radical (unpaired) electrons. The van der Waals surface area contributed by atoms with Crippen LogP contribution in [0.5, 0.6) is 0 Å². The molecule has 4 N–H and O–H groups in total. The topological polar surface area (TPSA) is 138 Å². The Morgan fingerprint density at radius 1 is 1.35 bits per heavy atom. The zero-order valence-corrected chi connectivity index (χ0v) is 12.4. The average molecular weight is 326 g/mol. The summed E-state index contributed by atoms with van der Waals surface area (Å²) >= 11 is 0. The first-order valence-corrected chi connectivity index (χ1v) is 6.97. The van der Waals surface area contributed by atoms with Gasteiger partial charge in [0, 0.05) is 17.8 Å². The molecule has 2 fully saturated rings. The number of amides is 1. The smallest absolute Gasteiger partial charge is 0.290 e. The van der Waals surface area contributed by atoms with Crippen LogP contribution in [0.1, 0.15) is 16.2 Å². The van der Waals surface area contributed by atoms with Crippen molar-refractivity contribution in [3.05, 3.63) is 33.7 Å². The Hall–Kier alpha value is -2.23. The van der Waals surface area contributed by atoms with Gasteiger partial charge in [-0.15, -0.1) is 0 Å². The molecule has 1 aromatic heterocycles. The van der Waals surface area contributed by atoms with Crippen molar-refractivity contribution in [2.24, 2.45) is 0 Å². The van der Waals surface area contributed by atoms with Gasteiger partial charge in [0.25, 0.3) is 12.4 Å². The summed E-state index contributed by atoms with van der Waals surface area (Å²) in [7, 11) is 0. The number of carbonyl (C=O) groups excluding carboxylic acids is 1. The summed E-state index contributed by atoms with van der Waals surface area (Å²) in [5, 5.41) is 19.3. The summed E-state index contributed by atoms with van der Waals surface area (Å²) in [6.07, 6.45) is -1.39. The number of hydrogen-bond acceptors (Lipinski definition) is 6. The van der Waals surface area contributed by atoms with Gasteiger partial charge < -0.3 is 30.0 Å². The summed E-state index contributed by atoms with van der Waals surface area (Å²) in [5.74, 6) is -0.384. The second-order valence-electron chi connectivity index (χ2n) is 5.26. The normalized spacial score (nSPS) is 28.4. The van der Waals surface area contributed by atoms with E-state index in [0.29, 0.717) is 5.69 Å². The van der Waals surface area contributed by atoms with Crippen LogP contribution < -0.4 is 10.7 Å². The Kier molecular flexibility index (Phi) is 5.48. The standard InChI is InChI=1S/C13H16N2O5.CH2O2/c1-6-2-7(16)3-8(14-6)13(18)15-9-4-19-12-10(17)5-20-11(9)12;2-1-3/h2-3,9-12,17H,4-5H2,1H3,(H,14,16)(H,15,18);1H,(H,2,3)/t9-,10+,11+,12+;/m0./s1. The first kappa shape index (κ1) is 17.1. The number of fused-ring (bicyclic) bond motifs is 1. The van der Waals surface area contributed by atoms with Gasteiger partial charge >= 0.3 is 0 Å². The molecule has 0 unspecified atom stereocenters. The fourth-order valence-corrected chi connectivity index (χ4v) is 2.65. The highest BCUT2D eigenvalue weighted by Gasteiger charge is 2.47. The number of aryl methyl sites for hydroxylation is 1. The fraction of sp³-hybridized carbons (Fsp3) is 0.500. The molecule has 0 aromatic carbocycles. The molecule has 126 valence electrons. The van der Waals surface area contributed by atoms with Gasteiger partial charge in [-0.05, 0) is 6.92 Å². The second-order valence-corrected chi connectivity index (χ2v) is 5.26. The summed E-state index contributed by atoms with van der Waals surface area (Å²) in [6, 6.07) is 2.34. The van der Waals surface area contributed by atoms with Gasteiger partial charge in [-0.3, -0.25) is 14.4 Å². The van der Waals surface area contributed by atoms with Crippen molar-refractivity contribution in [1.29, 1.82) is 0 Å². The van der Waals surface area contributed by atoms with Crippen LogP contribution in [0.25, 0.3) is 0 Å². The Bertz CT molecular complexity index is 630. The van der Waals surface area contributed by atoms with Crippen LogP contribution in [-0.2, 0) is 14.3 Å². The Labute approximate surface area is 131 Å². The van der Waals surface area contributed by atoms with Crippen molar-refractivity contribution in [2.75, 3.05) is 13.2 Å². The van der Waals surface area contributed by atoms with E-state index in [9.17, 15) is 14.7 Å². The van der Waals surface area contributed by atoms with Crippen molar-refractivity contribution < 1.29 is 29.3 Å². The molecular weight excluding hydrogens is 308 g/mol.